The summed E-state index contributed by atoms with van der Waals surface area (Å²) < 4.78 is 68.5. The molecule has 566 valence electrons. The van der Waals surface area contributed by atoms with Crippen LogP contribution in [0.5, 0.6) is 0 Å². The fraction of sp³-hybridized carbons (Fsp3) is 0.896. The van der Waals surface area contributed by atoms with Crippen LogP contribution in [0.15, 0.2) is 24.3 Å². The van der Waals surface area contributed by atoms with Gasteiger partial charge in [0, 0.05) is 25.7 Å². The molecule has 0 aliphatic rings. The number of hydrogen-bond donors (Lipinski definition) is 3. The van der Waals surface area contributed by atoms with E-state index in [-0.39, 0.29) is 25.7 Å². The Morgan fingerprint density at radius 2 is 0.615 bits per heavy atom. The summed E-state index contributed by atoms with van der Waals surface area (Å²) in [6.07, 6.45) is 56.3. The molecule has 0 spiro atoms. The molecule has 3 N–H and O–H groups in total. The Bertz CT molecular complexity index is 1970. The van der Waals surface area contributed by atoms with Crippen LogP contribution in [0.1, 0.15) is 370 Å². The maximum atomic E-state index is 13.1. The van der Waals surface area contributed by atoms with Crippen LogP contribution in [0.3, 0.4) is 0 Å². The molecule has 0 radical (unpaired) electrons. The van der Waals surface area contributed by atoms with Gasteiger partial charge in [-0.3, -0.25) is 37.3 Å². The van der Waals surface area contributed by atoms with Crippen LogP contribution in [0.4, 0.5) is 0 Å². The molecule has 0 saturated carbocycles. The molecule has 0 aliphatic carbocycles. The highest BCUT2D eigenvalue weighted by molar-refractivity contribution is 7.47. The van der Waals surface area contributed by atoms with Gasteiger partial charge in [0.1, 0.15) is 19.3 Å². The molecule has 0 saturated heterocycles. The number of aliphatic hydroxyl groups is 1. The van der Waals surface area contributed by atoms with Crippen molar-refractivity contribution in [3.05, 3.63) is 24.3 Å². The van der Waals surface area contributed by atoms with E-state index in [1.54, 1.807) is 0 Å². The number of phosphoric acid groups is 2. The molecule has 0 aromatic heterocycles. The van der Waals surface area contributed by atoms with Gasteiger partial charge in [0.25, 0.3) is 0 Å². The van der Waals surface area contributed by atoms with Crippen molar-refractivity contribution < 1.29 is 80.2 Å². The van der Waals surface area contributed by atoms with E-state index in [1.165, 1.54) is 167 Å². The van der Waals surface area contributed by atoms with E-state index >= 15 is 0 Å². The van der Waals surface area contributed by atoms with Crippen LogP contribution in [-0.2, 0) is 65.4 Å². The Kier molecular flexibility index (Phi) is 65.3. The molecular formula is C77H146O17P2. The lowest BCUT2D eigenvalue weighted by atomic mass is 9.99. The van der Waals surface area contributed by atoms with Crippen molar-refractivity contribution >= 4 is 39.5 Å². The molecule has 17 nitrogen and oxygen atoms in total. The molecule has 0 aliphatic heterocycles. The molecule has 0 bridgehead atoms. The summed E-state index contributed by atoms with van der Waals surface area (Å²) in [5.41, 5.74) is 0. The maximum Gasteiger partial charge on any atom is 0.472 e. The molecule has 0 amide bonds. The smallest absolute Gasteiger partial charge is 0.462 e. The van der Waals surface area contributed by atoms with E-state index in [0.29, 0.717) is 25.7 Å². The van der Waals surface area contributed by atoms with Crippen molar-refractivity contribution in [3.63, 3.8) is 0 Å². The molecule has 4 unspecified atom stereocenters. The van der Waals surface area contributed by atoms with Gasteiger partial charge in [-0.05, 0) is 69.1 Å². The minimum Gasteiger partial charge on any atom is -0.462 e. The van der Waals surface area contributed by atoms with Gasteiger partial charge < -0.3 is 33.8 Å². The third-order valence-electron chi connectivity index (χ3n) is 17.6. The average Bonchev–Trinajstić information content (AvgIpc) is 1.21. The first kappa shape index (κ1) is 93.5. The lowest BCUT2D eigenvalue weighted by Gasteiger charge is -2.21. The van der Waals surface area contributed by atoms with E-state index in [0.717, 1.165) is 120 Å². The van der Waals surface area contributed by atoms with E-state index in [4.69, 9.17) is 37.0 Å². The molecular weight excluding hydrogens is 1260 g/mol. The van der Waals surface area contributed by atoms with Gasteiger partial charge in [-0.2, -0.15) is 0 Å². The van der Waals surface area contributed by atoms with Gasteiger partial charge in [-0.25, -0.2) is 9.13 Å². The lowest BCUT2D eigenvalue weighted by Crippen LogP contribution is -2.30. The number of carbonyl (C=O) groups is 4. The fourth-order valence-electron chi connectivity index (χ4n) is 11.2. The topological polar surface area (TPSA) is 237 Å². The summed E-state index contributed by atoms with van der Waals surface area (Å²) in [7, 11) is -9.93. The third-order valence-corrected chi connectivity index (χ3v) is 19.5. The molecule has 0 rings (SSSR count). The number of allylic oxidation sites excluding steroid dienone is 4. The third kappa shape index (κ3) is 68.7. The number of unbranched alkanes of at least 4 members (excludes halogenated alkanes) is 37. The largest absolute Gasteiger partial charge is 0.472 e. The number of phosphoric ester groups is 2. The molecule has 6 atom stereocenters. The minimum atomic E-state index is -4.97. The number of esters is 4. The van der Waals surface area contributed by atoms with E-state index in [1.807, 2.05) is 0 Å². The highest BCUT2D eigenvalue weighted by atomic mass is 31.2. The van der Waals surface area contributed by atoms with Crippen LogP contribution >= 0.6 is 15.6 Å². The lowest BCUT2D eigenvalue weighted by molar-refractivity contribution is -0.161. The summed E-state index contributed by atoms with van der Waals surface area (Å²) in [6, 6.07) is 0. The Labute approximate surface area is 586 Å². The van der Waals surface area contributed by atoms with Crippen LogP contribution in [-0.4, -0.2) is 96.7 Å². The number of ether oxygens (including phenoxy) is 4. The number of carbonyl (C=O) groups excluding carboxylic acids is 4. The van der Waals surface area contributed by atoms with Crippen molar-refractivity contribution in [2.75, 3.05) is 39.6 Å². The van der Waals surface area contributed by atoms with Crippen molar-refractivity contribution in [1.82, 2.24) is 0 Å². The Morgan fingerprint density at radius 1 is 0.344 bits per heavy atom. The van der Waals surface area contributed by atoms with E-state index < -0.39 is 97.5 Å². The standard InChI is InChI=1S/C77H146O17P2/c1-8-10-11-12-13-14-15-16-17-22-25-30-39-46-53-60-76(81)93-72(64-87-74(79)58-51-44-37-29-24-21-19-18-20-23-28-36-43-50-57-70(7)9-2)66-91-95(83,84)89-62-71(78)63-90-96(85,86)92-67-73(65-88-75(80)59-52-45-38-33-32-35-42-49-56-69(5)6)94-77(82)61-54-47-40-31-26-27-34-41-48-55-68(3)4/h14-17,68-73,78H,8-13,18-67H2,1-7H3,(H,83,84)(H,85,86)/b15-14-,17-16-/t70?,71?,72-,73-/m1/s1. The van der Waals surface area contributed by atoms with Crippen LogP contribution in [0.2, 0.25) is 0 Å². The molecule has 0 heterocycles. The van der Waals surface area contributed by atoms with Crippen LogP contribution < -0.4 is 0 Å². The van der Waals surface area contributed by atoms with Crippen molar-refractivity contribution in [1.29, 1.82) is 0 Å². The number of aliphatic hydroxyl groups excluding tert-OH is 1. The number of rotatable bonds is 73. The Hall–Kier alpha value is -2.46. The number of hydrogen-bond acceptors (Lipinski definition) is 15. The Balaban J connectivity index is 5.28. The summed E-state index contributed by atoms with van der Waals surface area (Å²) in [6.45, 7) is 11.8. The van der Waals surface area contributed by atoms with Gasteiger partial charge in [0.05, 0.1) is 26.4 Å². The first-order chi connectivity index (χ1) is 46.3. The van der Waals surface area contributed by atoms with Crippen LogP contribution in [0.25, 0.3) is 0 Å². The maximum absolute atomic E-state index is 13.1. The quantitative estimate of drug-likeness (QED) is 0.0169. The summed E-state index contributed by atoms with van der Waals surface area (Å²) >= 11 is 0. The molecule has 0 aromatic carbocycles. The zero-order valence-electron chi connectivity index (χ0n) is 62.3. The van der Waals surface area contributed by atoms with Crippen LogP contribution in [0, 0.1) is 17.8 Å². The van der Waals surface area contributed by atoms with Gasteiger partial charge in [-0.1, -0.05) is 317 Å². The molecule has 96 heavy (non-hydrogen) atoms. The predicted molar refractivity (Wildman–Crippen MR) is 390 cm³/mol. The zero-order chi connectivity index (χ0) is 70.9. The SMILES string of the molecule is CCCCCC/C=C\C=C/CCCCCCCC(=O)O[C@H](COC(=O)CCCCCCCCCCCCCCCCC(C)CC)COP(=O)(O)OCC(O)COP(=O)(O)OC[C@@H](COC(=O)CCCCCCCCCCC(C)C)OC(=O)CCCCCCCCCCCC(C)C. The van der Waals surface area contributed by atoms with E-state index in [9.17, 15) is 43.2 Å². The Morgan fingerprint density at radius 3 is 0.927 bits per heavy atom. The van der Waals surface area contributed by atoms with Crippen molar-refractivity contribution in [3.8, 4) is 0 Å². The van der Waals surface area contributed by atoms with Crippen molar-refractivity contribution in [2.24, 2.45) is 17.8 Å². The first-order valence-corrected chi connectivity index (χ1v) is 42.2. The average molecular weight is 1410 g/mol. The highest BCUT2D eigenvalue weighted by Crippen LogP contribution is 2.45. The highest BCUT2D eigenvalue weighted by Gasteiger charge is 2.30. The van der Waals surface area contributed by atoms with Gasteiger partial charge in [0.2, 0.25) is 0 Å². The summed E-state index contributed by atoms with van der Waals surface area (Å²) in [4.78, 5) is 72.8. The van der Waals surface area contributed by atoms with E-state index in [2.05, 4.69) is 72.8 Å². The van der Waals surface area contributed by atoms with Gasteiger partial charge in [-0.15, -0.1) is 0 Å². The van der Waals surface area contributed by atoms with Gasteiger partial charge in [0.15, 0.2) is 12.2 Å². The fourth-order valence-corrected chi connectivity index (χ4v) is 12.8. The molecule has 0 aromatic rings. The normalized spacial score (nSPS) is 14.5. The monoisotopic (exact) mass is 1410 g/mol. The summed E-state index contributed by atoms with van der Waals surface area (Å²) in [5, 5.41) is 10.6. The second-order valence-corrected chi connectivity index (χ2v) is 31.2. The second kappa shape index (κ2) is 67.1. The zero-order valence-corrected chi connectivity index (χ0v) is 64.1. The second-order valence-electron chi connectivity index (χ2n) is 28.3. The molecule has 0 fully saturated rings. The van der Waals surface area contributed by atoms with Gasteiger partial charge >= 0.3 is 39.5 Å². The predicted octanol–water partition coefficient (Wildman–Crippen LogP) is 22.1. The summed E-state index contributed by atoms with van der Waals surface area (Å²) in [5.74, 6) is 0.159. The molecule has 19 heteroatoms. The van der Waals surface area contributed by atoms with Crippen molar-refractivity contribution in [2.45, 2.75) is 388 Å². The first-order valence-electron chi connectivity index (χ1n) is 39.2. The minimum absolute atomic E-state index is 0.0849.